The Kier molecular flexibility index (Phi) is 7.02. The Hall–Kier alpha value is -0.0500. The number of nitrogens with one attached hydrogen (secondary N) is 1. The van der Waals surface area contributed by atoms with E-state index in [1.807, 2.05) is 0 Å². The fraction of sp³-hybridized carbons (Fsp3) is 1.00. The average Bonchev–Trinajstić information content (AvgIpc) is 2.56. The maximum atomic E-state index is 11.9. The molecule has 0 aromatic rings. The molecule has 0 spiro atoms. The smallest absolute Gasteiger partial charge is 0.268 e. The van der Waals surface area contributed by atoms with Crippen LogP contribution in [0.3, 0.4) is 0 Å². The van der Waals surface area contributed by atoms with Gasteiger partial charge >= 0.3 is 0 Å². The summed E-state index contributed by atoms with van der Waals surface area (Å²) in [6.45, 7) is 0.108. The molecule has 9 heteroatoms. The van der Waals surface area contributed by atoms with E-state index in [9.17, 15) is 9.46 Å². The summed E-state index contributed by atoms with van der Waals surface area (Å²) in [5.41, 5.74) is 5.70. The van der Waals surface area contributed by atoms with E-state index in [-0.39, 0.29) is 19.7 Å². The third kappa shape index (κ3) is 5.73. The normalized spacial score (nSPS) is 45.1. The van der Waals surface area contributed by atoms with E-state index in [4.69, 9.17) is 21.1 Å². The van der Waals surface area contributed by atoms with E-state index in [0.29, 0.717) is 11.6 Å². The van der Waals surface area contributed by atoms with Crippen LogP contribution in [0.15, 0.2) is 0 Å². The molecule has 4 saturated carbocycles. The molecular weight excluding hydrogens is 371 g/mol. The van der Waals surface area contributed by atoms with E-state index in [1.54, 1.807) is 0 Å². The van der Waals surface area contributed by atoms with Crippen LogP contribution in [0.2, 0.25) is 0 Å². The predicted molar refractivity (Wildman–Crippen MR) is 101 cm³/mol. The quantitative estimate of drug-likeness (QED) is 0.289. The summed E-state index contributed by atoms with van der Waals surface area (Å²) < 4.78 is 16.5. The Morgan fingerprint density at radius 2 is 1.56 bits per heavy atom. The van der Waals surface area contributed by atoms with Crippen molar-refractivity contribution in [3.8, 4) is 0 Å². The lowest BCUT2D eigenvalue weighted by Gasteiger charge is -2.57. The lowest BCUT2D eigenvalue weighted by Crippen LogP contribution is -2.46. The maximum Gasteiger partial charge on any atom is 0.268 e. The van der Waals surface area contributed by atoms with Gasteiger partial charge in [0.1, 0.15) is 6.10 Å². The predicted octanol–water partition coefficient (Wildman–Crippen LogP) is 0.731. The first-order chi connectivity index (χ1) is 12.7. The highest BCUT2D eigenvalue weighted by Gasteiger charge is 2.50. The van der Waals surface area contributed by atoms with Gasteiger partial charge < -0.3 is 30.7 Å². The van der Waals surface area contributed by atoms with Crippen molar-refractivity contribution < 1.29 is 29.5 Å². The van der Waals surface area contributed by atoms with Gasteiger partial charge in [-0.2, -0.15) is 0 Å². The van der Waals surface area contributed by atoms with Crippen molar-refractivity contribution in [2.24, 2.45) is 28.9 Å². The number of aliphatic hydroxyl groups excluding tert-OH is 3. The summed E-state index contributed by atoms with van der Waals surface area (Å²) >= 11 is 0. The van der Waals surface area contributed by atoms with Gasteiger partial charge in [0.25, 0.3) is 7.52 Å². The van der Waals surface area contributed by atoms with E-state index < -0.39 is 26.0 Å². The number of aliphatic hydroxyl groups is 3. The highest BCUT2D eigenvalue weighted by Crippen LogP contribution is 2.62. The zero-order valence-corrected chi connectivity index (χ0v) is 16.8. The zero-order valence-electron chi connectivity index (χ0n) is 15.9. The van der Waals surface area contributed by atoms with Gasteiger partial charge in [0.2, 0.25) is 0 Å². The van der Waals surface area contributed by atoms with Crippen molar-refractivity contribution in [2.75, 3.05) is 19.4 Å². The minimum Gasteiger partial charge on any atom is -0.390 e. The first-order valence-corrected chi connectivity index (χ1v) is 12.0. The van der Waals surface area contributed by atoms with Crippen LogP contribution in [0.5, 0.6) is 0 Å². The molecule has 5 rings (SSSR count). The van der Waals surface area contributed by atoms with Gasteiger partial charge in [0.05, 0.1) is 19.4 Å². The molecule has 4 atom stereocenters. The van der Waals surface area contributed by atoms with Crippen molar-refractivity contribution >= 4 is 7.52 Å². The second-order valence-electron chi connectivity index (χ2n) is 9.11. The zero-order chi connectivity index (χ0) is 19.7. The number of hydrogen-bond donors (Lipinski definition) is 6. The number of hydrogen-bond acceptors (Lipinski definition) is 6. The van der Waals surface area contributed by atoms with Gasteiger partial charge in [0, 0.05) is 12.6 Å². The topological polar surface area (TPSA) is 145 Å². The summed E-state index contributed by atoms with van der Waals surface area (Å²) in [5.74, 6) is 2.74. The molecule has 5 fully saturated rings. The van der Waals surface area contributed by atoms with E-state index >= 15 is 0 Å². The second kappa shape index (κ2) is 8.76. The molecule has 1 heterocycles. The van der Waals surface area contributed by atoms with Gasteiger partial charge in [-0.3, -0.25) is 4.57 Å². The SMILES string of the molecule is NCNP(=O)(O)CCC12CC3CC(CC(C3)C1)C2.OC1C[C@@H](O)[C@@H](O)CO1. The summed E-state index contributed by atoms with van der Waals surface area (Å²) in [7, 11) is -3.19. The minimum absolute atomic E-state index is 0.0162. The Labute approximate surface area is 161 Å². The molecule has 8 nitrogen and oxygen atoms in total. The molecule has 7 N–H and O–H groups in total. The van der Waals surface area contributed by atoms with Crippen molar-refractivity contribution in [3.05, 3.63) is 0 Å². The number of nitrogens with two attached hydrogens (primary N) is 1. The van der Waals surface area contributed by atoms with Gasteiger partial charge in [0.15, 0.2) is 6.29 Å². The summed E-state index contributed by atoms with van der Waals surface area (Å²) in [5, 5.41) is 28.9. The number of ether oxygens (including phenoxy) is 1. The first kappa shape index (κ1) is 21.7. The molecule has 0 radical (unpaired) electrons. The monoisotopic (exact) mass is 406 g/mol. The van der Waals surface area contributed by atoms with Crippen LogP contribution in [0.25, 0.3) is 0 Å². The fourth-order valence-electron chi connectivity index (χ4n) is 5.96. The average molecular weight is 406 g/mol. The molecule has 5 aliphatic rings. The van der Waals surface area contributed by atoms with Crippen LogP contribution in [-0.2, 0) is 9.30 Å². The van der Waals surface area contributed by atoms with Crippen LogP contribution in [0.1, 0.15) is 51.4 Å². The van der Waals surface area contributed by atoms with Gasteiger partial charge in [-0.15, -0.1) is 0 Å². The lowest BCUT2D eigenvalue weighted by molar-refractivity contribution is -0.193. The highest BCUT2D eigenvalue weighted by atomic mass is 31.2. The highest BCUT2D eigenvalue weighted by molar-refractivity contribution is 7.55. The molecule has 1 saturated heterocycles. The summed E-state index contributed by atoms with van der Waals surface area (Å²) in [6.07, 6.45) is 7.02. The van der Waals surface area contributed by atoms with Crippen molar-refractivity contribution in [1.82, 2.24) is 5.09 Å². The first-order valence-electron chi connectivity index (χ1n) is 10.1. The second-order valence-corrected chi connectivity index (χ2v) is 11.3. The van der Waals surface area contributed by atoms with Gasteiger partial charge in [-0.1, -0.05) is 0 Å². The van der Waals surface area contributed by atoms with Crippen LogP contribution in [-0.4, -0.2) is 58.1 Å². The third-order valence-electron chi connectivity index (χ3n) is 6.80. The summed E-state index contributed by atoms with van der Waals surface area (Å²) in [6, 6.07) is 0. The molecular formula is C18H35N2O6P. The fourth-order valence-corrected chi connectivity index (χ4v) is 7.18. The maximum absolute atomic E-state index is 11.9. The van der Waals surface area contributed by atoms with Crippen LogP contribution >= 0.6 is 7.52 Å². The minimum atomic E-state index is -3.19. The van der Waals surface area contributed by atoms with Gasteiger partial charge in [-0.05, 0) is 68.1 Å². The molecule has 0 amide bonds. The largest absolute Gasteiger partial charge is 0.390 e. The van der Waals surface area contributed by atoms with Crippen molar-refractivity contribution in [1.29, 1.82) is 0 Å². The van der Waals surface area contributed by atoms with Gasteiger partial charge in [-0.25, -0.2) is 5.09 Å². The Bertz CT molecular complexity index is 513. The Morgan fingerprint density at radius 1 is 1.00 bits per heavy atom. The third-order valence-corrected chi connectivity index (χ3v) is 8.30. The molecule has 4 aliphatic carbocycles. The van der Waals surface area contributed by atoms with Crippen LogP contribution in [0.4, 0.5) is 0 Å². The Balaban J connectivity index is 0.000000197. The van der Waals surface area contributed by atoms with Crippen molar-refractivity contribution in [2.45, 2.75) is 69.9 Å². The Morgan fingerprint density at radius 3 is 2.00 bits per heavy atom. The van der Waals surface area contributed by atoms with Crippen LogP contribution in [0, 0.1) is 23.2 Å². The molecule has 1 aliphatic heterocycles. The molecule has 0 aromatic heterocycles. The van der Waals surface area contributed by atoms with E-state index in [0.717, 1.165) is 24.2 Å². The molecule has 27 heavy (non-hydrogen) atoms. The lowest BCUT2D eigenvalue weighted by atomic mass is 9.49. The van der Waals surface area contributed by atoms with Crippen molar-refractivity contribution in [3.63, 3.8) is 0 Å². The van der Waals surface area contributed by atoms with E-state index in [2.05, 4.69) is 9.82 Å². The molecule has 0 aromatic carbocycles. The molecule has 2 unspecified atom stereocenters. The van der Waals surface area contributed by atoms with Crippen LogP contribution < -0.4 is 10.8 Å². The van der Waals surface area contributed by atoms with E-state index in [1.165, 1.54) is 38.5 Å². The molecule has 4 bridgehead atoms. The number of rotatable bonds is 5. The standard InChI is InChI=1S/C13H25N2O2P.C5H10O4/c14-9-15-18(16,17)2-1-13-6-10-3-11(7-13)5-12(4-10)8-13;6-3-1-5(8)9-2-4(3)7/h10-12H,1-9,14H2,(H2,15,16,17);3-8H,1-2H2/t;3-,4+,5?/m.1/s1. The molecule has 158 valence electrons. The summed E-state index contributed by atoms with van der Waals surface area (Å²) in [4.78, 5) is 9.78.